The highest BCUT2D eigenvalue weighted by atomic mass is 79.9. The van der Waals surface area contributed by atoms with E-state index in [4.69, 9.17) is 5.84 Å². The van der Waals surface area contributed by atoms with Gasteiger partial charge in [-0.2, -0.15) is 0 Å². The summed E-state index contributed by atoms with van der Waals surface area (Å²) in [5.41, 5.74) is 3.85. The van der Waals surface area contributed by atoms with Crippen molar-refractivity contribution < 1.29 is 4.39 Å². The number of aromatic nitrogens is 2. The van der Waals surface area contributed by atoms with Gasteiger partial charge in [0.2, 0.25) is 0 Å². The average molecular weight is 326 g/mol. The second-order valence-electron chi connectivity index (χ2n) is 3.99. The molecule has 2 rings (SSSR count). The number of nitrogens with one attached hydrogen (secondary N) is 2. The quantitative estimate of drug-likeness (QED) is 0.597. The van der Waals surface area contributed by atoms with Crippen LogP contribution in [0, 0.1) is 19.7 Å². The molecule has 0 unspecified atom stereocenters. The fraction of sp³-hybridized carbons (Fsp3) is 0.167. The summed E-state index contributed by atoms with van der Waals surface area (Å²) in [5.74, 6) is 6.74. The number of benzene rings is 1. The molecule has 0 amide bonds. The summed E-state index contributed by atoms with van der Waals surface area (Å²) in [6, 6.07) is 4.39. The highest BCUT2D eigenvalue weighted by Crippen LogP contribution is 2.28. The van der Waals surface area contributed by atoms with Crippen LogP contribution in [-0.2, 0) is 0 Å². The van der Waals surface area contributed by atoms with E-state index in [0.29, 0.717) is 23.1 Å². The molecule has 0 aliphatic rings. The lowest BCUT2D eigenvalue weighted by Gasteiger charge is -2.13. The molecule has 0 radical (unpaired) electrons. The Morgan fingerprint density at radius 2 is 1.89 bits per heavy atom. The second kappa shape index (κ2) is 5.50. The Bertz CT molecular complexity index is 617. The Morgan fingerprint density at radius 1 is 1.21 bits per heavy atom. The lowest BCUT2D eigenvalue weighted by atomic mass is 10.2. The van der Waals surface area contributed by atoms with Gasteiger partial charge in [-0.3, -0.25) is 0 Å². The Labute approximate surface area is 118 Å². The number of hydrogen-bond acceptors (Lipinski definition) is 5. The highest BCUT2D eigenvalue weighted by Gasteiger charge is 2.10. The molecule has 4 N–H and O–H groups in total. The maximum absolute atomic E-state index is 13.2. The Balaban J connectivity index is 2.43. The molecule has 19 heavy (non-hydrogen) atoms. The van der Waals surface area contributed by atoms with Crippen LogP contribution < -0.4 is 16.6 Å². The molecule has 1 aromatic heterocycles. The van der Waals surface area contributed by atoms with Gasteiger partial charge in [-0.15, -0.1) is 0 Å². The van der Waals surface area contributed by atoms with E-state index in [1.807, 2.05) is 6.92 Å². The van der Waals surface area contributed by atoms with Crippen molar-refractivity contribution >= 4 is 33.3 Å². The topological polar surface area (TPSA) is 75.9 Å². The van der Waals surface area contributed by atoms with Gasteiger partial charge in [0.1, 0.15) is 23.3 Å². The molecule has 0 atom stereocenters. The van der Waals surface area contributed by atoms with Crippen molar-refractivity contribution in [2.24, 2.45) is 5.84 Å². The lowest BCUT2D eigenvalue weighted by Crippen LogP contribution is -2.13. The molecular formula is C12H13BrFN5. The van der Waals surface area contributed by atoms with Crippen LogP contribution in [0.1, 0.15) is 11.4 Å². The number of nitrogens with two attached hydrogens (primary N) is 1. The Kier molecular flexibility index (Phi) is 3.96. The minimum Gasteiger partial charge on any atom is -0.339 e. The van der Waals surface area contributed by atoms with Gasteiger partial charge in [-0.1, -0.05) is 0 Å². The fourth-order valence-electron chi connectivity index (χ4n) is 1.61. The van der Waals surface area contributed by atoms with E-state index in [1.165, 1.54) is 12.1 Å². The third-order valence-corrected chi connectivity index (χ3v) is 3.27. The molecular weight excluding hydrogens is 313 g/mol. The van der Waals surface area contributed by atoms with Crippen LogP contribution in [0.5, 0.6) is 0 Å². The van der Waals surface area contributed by atoms with Gasteiger partial charge < -0.3 is 10.7 Å². The lowest BCUT2D eigenvalue weighted by molar-refractivity contribution is 0.628. The summed E-state index contributed by atoms with van der Waals surface area (Å²) >= 11 is 3.35. The fourth-order valence-corrected chi connectivity index (χ4v) is 1.96. The minimum atomic E-state index is -0.327. The third kappa shape index (κ3) is 2.99. The van der Waals surface area contributed by atoms with E-state index in [0.717, 1.165) is 10.0 Å². The smallest absolute Gasteiger partial charge is 0.148 e. The second-order valence-corrected chi connectivity index (χ2v) is 4.84. The van der Waals surface area contributed by atoms with E-state index < -0.39 is 0 Å². The molecule has 0 bridgehead atoms. The molecule has 0 saturated heterocycles. The number of hydrazine groups is 1. The normalized spacial score (nSPS) is 10.4. The minimum absolute atomic E-state index is 0.327. The van der Waals surface area contributed by atoms with Crippen molar-refractivity contribution in [3.05, 3.63) is 39.9 Å². The van der Waals surface area contributed by atoms with Gasteiger partial charge >= 0.3 is 0 Å². The number of nitrogens with zero attached hydrogens (tertiary/aromatic N) is 2. The molecule has 7 heteroatoms. The molecule has 0 aliphatic carbocycles. The molecule has 0 aliphatic heterocycles. The first-order valence-electron chi connectivity index (χ1n) is 5.55. The van der Waals surface area contributed by atoms with Gasteiger partial charge in [-0.05, 0) is 48.0 Å². The number of hydrogen-bond donors (Lipinski definition) is 3. The van der Waals surface area contributed by atoms with Crippen molar-refractivity contribution in [1.82, 2.24) is 9.97 Å². The molecule has 0 fully saturated rings. The zero-order chi connectivity index (χ0) is 14.0. The van der Waals surface area contributed by atoms with Crippen molar-refractivity contribution in [3.8, 4) is 0 Å². The van der Waals surface area contributed by atoms with Gasteiger partial charge in [0.25, 0.3) is 0 Å². The highest BCUT2D eigenvalue weighted by molar-refractivity contribution is 9.10. The zero-order valence-electron chi connectivity index (χ0n) is 10.5. The molecule has 2 aromatic rings. The Hall–Kier alpha value is -1.73. The van der Waals surface area contributed by atoms with Crippen LogP contribution in [0.15, 0.2) is 22.7 Å². The van der Waals surface area contributed by atoms with Crippen molar-refractivity contribution in [3.63, 3.8) is 0 Å². The summed E-state index contributed by atoms with van der Waals surface area (Å²) < 4.78 is 14.0. The summed E-state index contributed by atoms with van der Waals surface area (Å²) in [4.78, 5) is 8.45. The van der Waals surface area contributed by atoms with Crippen molar-refractivity contribution in [1.29, 1.82) is 0 Å². The summed E-state index contributed by atoms with van der Waals surface area (Å²) in [6.45, 7) is 3.58. The first kappa shape index (κ1) is 13.7. The van der Waals surface area contributed by atoms with Crippen LogP contribution in [0.25, 0.3) is 0 Å². The van der Waals surface area contributed by atoms with Crippen molar-refractivity contribution in [2.45, 2.75) is 13.8 Å². The van der Waals surface area contributed by atoms with E-state index in [9.17, 15) is 4.39 Å². The number of nitrogen functional groups attached to an aromatic ring is 1. The number of rotatable bonds is 3. The van der Waals surface area contributed by atoms with Crippen LogP contribution in [0.3, 0.4) is 0 Å². The van der Waals surface area contributed by atoms with Crippen LogP contribution in [0.2, 0.25) is 0 Å². The SMILES string of the molecule is Cc1nc(NN)c(C)c(Nc2cc(F)ccc2Br)n1. The first-order chi connectivity index (χ1) is 9.01. The summed E-state index contributed by atoms with van der Waals surface area (Å²) in [5, 5.41) is 3.06. The third-order valence-electron chi connectivity index (χ3n) is 2.58. The number of halogens is 2. The van der Waals surface area contributed by atoms with Crippen LogP contribution >= 0.6 is 15.9 Å². The molecule has 0 spiro atoms. The maximum Gasteiger partial charge on any atom is 0.148 e. The van der Waals surface area contributed by atoms with E-state index in [-0.39, 0.29) is 5.82 Å². The standard InChI is InChI=1S/C12H13BrFN5/c1-6-11(16-7(2)17-12(6)19-15)18-10-5-8(14)3-4-9(10)13/h3-5H,15H2,1-2H3,(H2,16,17,18,19). The number of anilines is 3. The Morgan fingerprint density at radius 3 is 2.58 bits per heavy atom. The monoisotopic (exact) mass is 325 g/mol. The van der Waals surface area contributed by atoms with E-state index in [1.54, 1.807) is 13.0 Å². The molecule has 5 nitrogen and oxygen atoms in total. The average Bonchev–Trinajstić information content (AvgIpc) is 2.37. The van der Waals surface area contributed by atoms with Gasteiger partial charge in [-0.25, -0.2) is 20.2 Å². The first-order valence-corrected chi connectivity index (χ1v) is 6.34. The van der Waals surface area contributed by atoms with Gasteiger partial charge in [0.05, 0.1) is 5.69 Å². The molecule has 1 heterocycles. The number of aryl methyl sites for hydroxylation is 1. The maximum atomic E-state index is 13.2. The van der Waals surface area contributed by atoms with Crippen molar-refractivity contribution in [2.75, 3.05) is 10.7 Å². The van der Waals surface area contributed by atoms with Gasteiger partial charge in [0, 0.05) is 10.0 Å². The summed E-state index contributed by atoms with van der Waals surface area (Å²) in [6.07, 6.45) is 0. The predicted octanol–water partition coefficient (Wildman–Crippen LogP) is 3.02. The molecule has 100 valence electrons. The van der Waals surface area contributed by atoms with Gasteiger partial charge in [0.15, 0.2) is 0 Å². The van der Waals surface area contributed by atoms with Crippen LogP contribution in [0.4, 0.5) is 21.7 Å². The largest absolute Gasteiger partial charge is 0.339 e. The van der Waals surface area contributed by atoms with E-state index in [2.05, 4.69) is 36.6 Å². The summed E-state index contributed by atoms with van der Waals surface area (Å²) in [7, 11) is 0. The molecule has 0 saturated carbocycles. The molecule has 1 aromatic carbocycles. The predicted molar refractivity (Wildman–Crippen MR) is 76.7 cm³/mol. The van der Waals surface area contributed by atoms with Crippen LogP contribution in [-0.4, -0.2) is 9.97 Å². The zero-order valence-corrected chi connectivity index (χ0v) is 12.0. The van der Waals surface area contributed by atoms with E-state index >= 15 is 0 Å².